The van der Waals surface area contributed by atoms with Crippen molar-refractivity contribution in [2.45, 2.75) is 39.9 Å². The molecule has 1 saturated heterocycles. The molecule has 1 amide bonds. The van der Waals surface area contributed by atoms with Gasteiger partial charge in [-0.1, -0.05) is 13.8 Å². The van der Waals surface area contributed by atoms with Gasteiger partial charge in [-0.15, -0.1) is 0 Å². The minimum Gasteiger partial charge on any atom is -0.343 e. The van der Waals surface area contributed by atoms with Crippen LogP contribution in [0.4, 0.5) is 19.0 Å². The Morgan fingerprint density at radius 1 is 1.30 bits per heavy atom. The molecule has 2 rings (SSSR count). The summed E-state index contributed by atoms with van der Waals surface area (Å²) in [6.07, 6.45) is -4.42. The van der Waals surface area contributed by atoms with Gasteiger partial charge in [0, 0.05) is 25.3 Å². The molecule has 0 saturated carbocycles. The second kappa shape index (κ2) is 6.37. The average Bonchev–Trinajstić information content (AvgIpc) is 2.42. The Morgan fingerprint density at radius 3 is 2.52 bits per heavy atom. The number of rotatable bonds is 3. The number of piperazine rings is 1. The van der Waals surface area contributed by atoms with E-state index < -0.39 is 17.8 Å². The number of amides is 1. The lowest BCUT2D eigenvalue weighted by molar-refractivity contribution is -0.137. The lowest BCUT2D eigenvalue weighted by Crippen LogP contribution is -2.57. The number of hydrogen-bond donors (Lipinski definition) is 0. The maximum atomic E-state index is 13.0. The molecule has 1 aliphatic heterocycles. The van der Waals surface area contributed by atoms with E-state index in [0.29, 0.717) is 31.2 Å². The van der Waals surface area contributed by atoms with Crippen LogP contribution in [0.5, 0.6) is 0 Å². The van der Waals surface area contributed by atoms with Crippen LogP contribution in [0.1, 0.15) is 32.0 Å². The summed E-state index contributed by atoms with van der Waals surface area (Å²) in [6.45, 7) is 8.94. The van der Waals surface area contributed by atoms with Crippen molar-refractivity contribution in [1.29, 1.82) is 0 Å². The molecule has 0 aliphatic carbocycles. The van der Waals surface area contributed by atoms with Gasteiger partial charge in [0.1, 0.15) is 11.9 Å². The molecule has 7 heteroatoms. The number of aromatic nitrogens is 1. The highest BCUT2D eigenvalue weighted by atomic mass is 19.4. The molecule has 1 fully saturated rings. The van der Waals surface area contributed by atoms with Crippen LogP contribution < -0.4 is 4.90 Å². The second-order valence-electron chi connectivity index (χ2n) is 6.40. The first-order valence-electron chi connectivity index (χ1n) is 7.71. The van der Waals surface area contributed by atoms with Gasteiger partial charge in [-0.25, -0.2) is 4.98 Å². The van der Waals surface area contributed by atoms with Crippen LogP contribution in [-0.4, -0.2) is 41.5 Å². The highest BCUT2D eigenvalue weighted by molar-refractivity contribution is 5.86. The molecule has 1 aromatic heterocycles. The lowest BCUT2D eigenvalue weighted by atomic mass is 10.1. The average molecular weight is 329 g/mol. The van der Waals surface area contributed by atoms with Gasteiger partial charge in [0.05, 0.1) is 5.56 Å². The summed E-state index contributed by atoms with van der Waals surface area (Å²) < 4.78 is 38.9. The van der Waals surface area contributed by atoms with E-state index in [-0.39, 0.29) is 11.7 Å². The van der Waals surface area contributed by atoms with Gasteiger partial charge < -0.3 is 9.80 Å². The van der Waals surface area contributed by atoms with E-state index in [1.165, 1.54) is 6.92 Å². The number of pyridine rings is 1. The zero-order valence-electron chi connectivity index (χ0n) is 13.8. The van der Waals surface area contributed by atoms with Crippen molar-refractivity contribution in [1.82, 2.24) is 9.88 Å². The Hall–Kier alpha value is -1.79. The molecule has 0 spiro atoms. The molecule has 1 atom stereocenters. The fraction of sp³-hybridized carbons (Fsp3) is 0.625. The van der Waals surface area contributed by atoms with Crippen molar-refractivity contribution in [3.63, 3.8) is 0 Å². The van der Waals surface area contributed by atoms with Gasteiger partial charge in [0.2, 0.25) is 5.91 Å². The van der Waals surface area contributed by atoms with Crippen LogP contribution in [0.3, 0.4) is 0 Å². The van der Waals surface area contributed by atoms with Crippen molar-refractivity contribution in [3.8, 4) is 0 Å². The first-order chi connectivity index (χ1) is 10.6. The fourth-order valence-electron chi connectivity index (χ4n) is 2.83. The standard InChI is InChI=1S/C16H22F3N3O/c1-10(2)9-21-5-6-22(12(4)15(21)23)14-8-13(16(17,18)19)7-11(3)20-14/h7-8,10,12H,5-6,9H2,1-4H3. The monoisotopic (exact) mass is 329 g/mol. The number of carbonyl (C=O) groups is 1. The zero-order chi connectivity index (χ0) is 17.4. The number of hydrogen-bond acceptors (Lipinski definition) is 3. The van der Waals surface area contributed by atoms with Gasteiger partial charge in [-0.05, 0) is 31.9 Å². The Bertz CT molecular complexity index is 586. The number of aryl methyl sites for hydroxylation is 1. The molecule has 0 aromatic carbocycles. The van der Waals surface area contributed by atoms with Crippen molar-refractivity contribution in [2.75, 3.05) is 24.5 Å². The smallest absolute Gasteiger partial charge is 0.343 e. The molecule has 1 unspecified atom stereocenters. The number of alkyl halides is 3. The van der Waals surface area contributed by atoms with E-state index in [1.54, 1.807) is 16.7 Å². The molecule has 4 nitrogen and oxygen atoms in total. The summed E-state index contributed by atoms with van der Waals surface area (Å²) in [5.74, 6) is 0.496. The third kappa shape index (κ3) is 3.95. The van der Waals surface area contributed by atoms with Crippen molar-refractivity contribution in [2.24, 2.45) is 5.92 Å². The molecular weight excluding hydrogens is 307 g/mol. The Labute approximate surface area is 134 Å². The van der Waals surface area contributed by atoms with Crippen molar-refractivity contribution in [3.05, 3.63) is 23.4 Å². The maximum absolute atomic E-state index is 13.0. The number of carbonyl (C=O) groups excluding carboxylic acids is 1. The number of anilines is 1. The third-order valence-electron chi connectivity index (χ3n) is 3.89. The van der Waals surface area contributed by atoms with E-state index >= 15 is 0 Å². The molecule has 0 bridgehead atoms. The number of halogens is 3. The lowest BCUT2D eigenvalue weighted by Gasteiger charge is -2.40. The molecule has 1 aliphatic rings. The summed E-state index contributed by atoms with van der Waals surface area (Å²) in [7, 11) is 0. The Balaban J connectivity index is 2.26. The van der Waals surface area contributed by atoms with Gasteiger partial charge in [-0.3, -0.25) is 4.79 Å². The highest BCUT2D eigenvalue weighted by Crippen LogP contribution is 2.32. The highest BCUT2D eigenvalue weighted by Gasteiger charge is 2.35. The molecule has 1 aromatic rings. The molecular formula is C16H22F3N3O. The number of nitrogens with zero attached hydrogens (tertiary/aromatic N) is 3. The largest absolute Gasteiger partial charge is 0.416 e. The van der Waals surface area contributed by atoms with E-state index in [2.05, 4.69) is 4.98 Å². The van der Waals surface area contributed by atoms with Crippen LogP contribution >= 0.6 is 0 Å². The summed E-state index contributed by atoms with van der Waals surface area (Å²) >= 11 is 0. The van der Waals surface area contributed by atoms with Crippen LogP contribution in [-0.2, 0) is 11.0 Å². The first kappa shape index (κ1) is 17.6. The van der Waals surface area contributed by atoms with E-state index in [4.69, 9.17) is 0 Å². The minimum atomic E-state index is -4.42. The van der Waals surface area contributed by atoms with Gasteiger partial charge in [-0.2, -0.15) is 13.2 Å². The Morgan fingerprint density at radius 2 is 1.96 bits per heavy atom. The van der Waals surface area contributed by atoms with E-state index in [0.717, 1.165) is 12.1 Å². The fourth-order valence-corrected chi connectivity index (χ4v) is 2.83. The second-order valence-corrected chi connectivity index (χ2v) is 6.40. The van der Waals surface area contributed by atoms with Crippen LogP contribution in [0.15, 0.2) is 12.1 Å². The van der Waals surface area contributed by atoms with Gasteiger partial charge in [0.25, 0.3) is 0 Å². The van der Waals surface area contributed by atoms with Crippen LogP contribution in [0, 0.1) is 12.8 Å². The Kier molecular flexibility index (Phi) is 4.87. The zero-order valence-corrected chi connectivity index (χ0v) is 13.8. The topological polar surface area (TPSA) is 36.4 Å². The molecule has 2 heterocycles. The van der Waals surface area contributed by atoms with Crippen LogP contribution in [0.2, 0.25) is 0 Å². The van der Waals surface area contributed by atoms with Crippen molar-refractivity contribution >= 4 is 11.7 Å². The summed E-state index contributed by atoms with van der Waals surface area (Å²) in [5, 5.41) is 0. The van der Waals surface area contributed by atoms with Gasteiger partial charge in [0.15, 0.2) is 0 Å². The summed E-state index contributed by atoms with van der Waals surface area (Å²) in [5.41, 5.74) is -0.441. The molecule has 128 valence electrons. The van der Waals surface area contributed by atoms with E-state index in [1.807, 2.05) is 13.8 Å². The maximum Gasteiger partial charge on any atom is 0.416 e. The predicted octanol–water partition coefficient (Wildman–Crippen LogP) is 3.10. The summed E-state index contributed by atoms with van der Waals surface area (Å²) in [6, 6.07) is 1.53. The first-order valence-corrected chi connectivity index (χ1v) is 7.71. The predicted molar refractivity (Wildman–Crippen MR) is 82.2 cm³/mol. The van der Waals surface area contributed by atoms with E-state index in [9.17, 15) is 18.0 Å². The molecule has 23 heavy (non-hydrogen) atoms. The molecule has 0 radical (unpaired) electrons. The van der Waals surface area contributed by atoms with Crippen molar-refractivity contribution < 1.29 is 18.0 Å². The summed E-state index contributed by atoms with van der Waals surface area (Å²) in [4.78, 5) is 20.1. The molecule has 0 N–H and O–H groups in total. The minimum absolute atomic E-state index is 0.0678. The normalized spacial score (nSPS) is 19.7. The van der Waals surface area contributed by atoms with Gasteiger partial charge >= 0.3 is 6.18 Å². The van der Waals surface area contributed by atoms with Crippen LogP contribution in [0.25, 0.3) is 0 Å². The quantitative estimate of drug-likeness (QED) is 0.855. The SMILES string of the molecule is Cc1cc(C(F)(F)F)cc(N2CCN(CC(C)C)C(=O)C2C)n1. The third-order valence-corrected chi connectivity index (χ3v) is 3.89.